The third-order valence-corrected chi connectivity index (χ3v) is 6.21. The van der Waals surface area contributed by atoms with Crippen LogP contribution in [0.4, 0.5) is 11.4 Å². The predicted molar refractivity (Wildman–Crippen MR) is 108 cm³/mol. The molecule has 0 fully saturated rings. The van der Waals surface area contributed by atoms with Crippen LogP contribution in [0.2, 0.25) is 5.02 Å². The molecule has 1 aromatic heterocycles. The van der Waals surface area contributed by atoms with Gasteiger partial charge in [-0.05, 0) is 48.5 Å². The Labute approximate surface area is 171 Å². The minimum Gasteiger partial charge on any atom is -0.446 e. The smallest absolute Gasteiger partial charge is 0.263 e. The summed E-state index contributed by atoms with van der Waals surface area (Å²) in [6.07, 6.45) is 1.52. The Bertz CT molecular complexity index is 1360. The van der Waals surface area contributed by atoms with Crippen LogP contribution in [0.15, 0.2) is 69.1 Å². The van der Waals surface area contributed by atoms with Crippen molar-refractivity contribution in [1.82, 2.24) is 0 Å². The molecule has 0 unspecified atom stereocenters. The fourth-order valence-corrected chi connectivity index (χ4v) is 4.51. The number of fused-ring (bicyclic) bond motifs is 1. The van der Waals surface area contributed by atoms with Gasteiger partial charge in [0.1, 0.15) is 17.4 Å². The van der Waals surface area contributed by atoms with Crippen LogP contribution in [0.25, 0.3) is 5.82 Å². The Morgan fingerprint density at radius 1 is 1.21 bits per heavy atom. The second-order valence-electron chi connectivity index (χ2n) is 6.16. The predicted octanol–water partition coefficient (Wildman–Crippen LogP) is 1.73. The molecule has 2 aromatic carbocycles. The highest BCUT2D eigenvalue weighted by atomic mass is 35.5. The molecule has 0 saturated heterocycles. The summed E-state index contributed by atoms with van der Waals surface area (Å²) in [6.45, 7) is 0.290. The van der Waals surface area contributed by atoms with Crippen molar-refractivity contribution in [2.24, 2.45) is 10.7 Å². The lowest BCUT2D eigenvalue weighted by molar-refractivity contribution is 0.500. The van der Waals surface area contributed by atoms with Crippen LogP contribution in [-0.2, 0) is 10.0 Å². The number of nitriles is 1. The number of anilines is 2. The molecule has 3 N–H and O–H groups in total. The average molecular weight is 428 g/mol. The summed E-state index contributed by atoms with van der Waals surface area (Å²) in [7, 11) is -3.92. The maximum Gasteiger partial charge on any atom is 0.263 e. The number of sulfonamides is 1. The van der Waals surface area contributed by atoms with E-state index in [1.165, 1.54) is 24.5 Å². The molecule has 1 aliphatic rings. The molecule has 2 heterocycles. The highest BCUT2D eigenvalue weighted by Crippen LogP contribution is 2.26. The summed E-state index contributed by atoms with van der Waals surface area (Å²) < 4.78 is 33.0. The molecular weight excluding hydrogens is 414 g/mol. The number of hydrogen-bond donors (Lipinski definition) is 2. The average Bonchev–Trinajstić information content (AvgIpc) is 3.18. The molecule has 0 atom stereocenters. The fourth-order valence-electron chi connectivity index (χ4n) is 2.90. The summed E-state index contributed by atoms with van der Waals surface area (Å²) in [5, 5.41) is 9.56. The van der Waals surface area contributed by atoms with E-state index in [9.17, 15) is 8.42 Å². The molecule has 4 rings (SSSR count). The lowest BCUT2D eigenvalue weighted by atomic mass is 10.2. The minimum absolute atomic E-state index is 0.0265. The normalized spacial score (nSPS) is 13.4. The van der Waals surface area contributed by atoms with Crippen LogP contribution in [0, 0.1) is 11.3 Å². The van der Waals surface area contributed by atoms with Crippen LogP contribution in [0.3, 0.4) is 0 Å². The second kappa shape index (κ2) is 7.16. The molecule has 0 aliphatic carbocycles. The first kappa shape index (κ1) is 18.9. The summed E-state index contributed by atoms with van der Waals surface area (Å²) in [6, 6.07) is 14.3. The standard InChI is InChI=1S/C19H14ClN5O3S/c20-16-9-12(10-21)1-6-17(16)29(26,27)24-13-2-4-14(5-3-13)25-11-23-19-15(18(25)22)7-8-28-19/h1-9,24H,11,22H2. The fraction of sp³-hybridized carbons (Fsp3) is 0.0526. The second-order valence-corrected chi connectivity index (χ2v) is 8.22. The van der Waals surface area contributed by atoms with Gasteiger partial charge in [0.05, 0.1) is 28.1 Å². The van der Waals surface area contributed by atoms with Crippen LogP contribution < -0.4 is 26.1 Å². The summed E-state index contributed by atoms with van der Waals surface area (Å²) in [5.41, 5.74) is 8.06. The van der Waals surface area contributed by atoms with E-state index in [2.05, 4.69) is 9.71 Å². The van der Waals surface area contributed by atoms with Gasteiger partial charge in [0.25, 0.3) is 10.0 Å². The van der Waals surface area contributed by atoms with Crippen molar-refractivity contribution in [3.63, 3.8) is 0 Å². The van der Waals surface area contributed by atoms with Gasteiger partial charge < -0.3 is 15.1 Å². The van der Waals surface area contributed by atoms with E-state index in [1.54, 1.807) is 35.2 Å². The Balaban J connectivity index is 1.58. The van der Waals surface area contributed by atoms with Crippen LogP contribution in [-0.4, -0.2) is 15.1 Å². The van der Waals surface area contributed by atoms with E-state index >= 15 is 0 Å². The van der Waals surface area contributed by atoms with Crippen LogP contribution >= 0.6 is 11.6 Å². The quantitative estimate of drug-likeness (QED) is 0.653. The molecule has 8 nitrogen and oxygen atoms in total. The van der Waals surface area contributed by atoms with Gasteiger partial charge in [0.15, 0.2) is 0 Å². The number of benzene rings is 2. The lowest BCUT2D eigenvalue weighted by Gasteiger charge is -2.24. The molecule has 1 aliphatic heterocycles. The summed E-state index contributed by atoms with van der Waals surface area (Å²) >= 11 is 6.02. The first-order valence-corrected chi connectivity index (χ1v) is 10.2. The zero-order valence-electron chi connectivity index (χ0n) is 14.8. The van der Waals surface area contributed by atoms with Gasteiger partial charge in [-0.3, -0.25) is 4.72 Å². The molecule has 146 valence electrons. The van der Waals surface area contributed by atoms with Crippen molar-refractivity contribution < 1.29 is 12.8 Å². The molecule has 10 heteroatoms. The van der Waals surface area contributed by atoms with Gasteiger partial charge in [-0.25, -0.2) is 13.4 Å². The van der Waals surface area contributed by atoms with Crippen LogP contribution in [0.1, 0.15) is 5.56 Å². The number of furan rings is 1. The molecule has 0 bridgehead atoms. The van der Waals surface area contributed by atoms with Gasteiger partial charge in [0, 0.05) is 11.4 Å². The largest absolute Gasteiger partial charge is 0.446 e. The third-order valence-electron chi connectivity index (χ3n) is 4.35. The number of nitrogens with zero attached hydrogens (tertiary/aromatic N) is 3. The number of halogens is 1. The van der Waals surface area contributed by atoms with Gasteiger partial charge in [-0.2, -0.15) is 5.26 Å². The van der Waals surface area contributed by atoms with Crippen molar-refractivity contribution in [3.8, 4) is 6.07 Å². The number of nitrogens with one attached hydrogen (secondary N) is 1. The highest BCUT2D eigenvalue weighted by molar-refractivity contribution is 7.92. The van der Waals surface area contributed by atoms with E-state index in [-0.39, 0.29) is 22.2 Å². The Morgan fingerprint density at radius 2 is 1.97 bits per heavy atom. The number of rotatable bonds is 4. The number of hydrogen-bond acceptors (Lipinski definition) is 7. The Kier molecular flexibility index (Phi) is 4.66. The lowest BCUT2D eigenvalue weighted by Crippen LogP contribution is -2.42. The van der Waals surface area contributed by atoms with Crippen LogP contribution in [0.5, 0.6) is 0 Å². The molecule has 0 amide bonds. The summed E-state index contributed by atoms with van der Waals surface area (Å²) in [5.74, 6) is 0.501. The van der Waals surface area contributed by atoms with E-state index < -0.39 is 10.0 Å². The van der Waals surface area contributed by atoms with Gasteiger partial charge in [0.2, 0.25) is 5.55 Å². The van der Waals surface area contributed by atoms with Gasteiger partial charge in [-0.1, -0.05) is 11.6 Å². The van der Waals surface area contributed by atoms with E-state index in [1.807, 2.05) is 6.07 Å². The van der Waals surface area contributed by atoms with Gasteiger partial charge in [-0.15, -0.1) is 0 Å². The van der Waals surface area contributed by atoms with Crippen molar-refractivity contribution in [2.45, 2.75) is 4.90 Å². The van der Waals surface area contributed by atoms with E-state index in [4.69, 9.17) is 27.0 Å². The molecule has 0 saturated carbocycles. The topological polar surface area (TPSA) is 125 Å². The first-order chi connectivity index (χ1) is 13.9. The zero-order chi connectivity index (χ0) is 20.6. The van der Waals surface area contributed by atoms with Crippen molar-refractivity contribution in [2.75, 3.05) is 16.3 Å². The van der Waals surface area contributed by atoms with Crippen molar-refractivity contribution >= 4 is 38.8 Å². The molecule has 29 heavy (non-hydrogen) atoms. The zero-order valence-corrected chi connectivity index (χ0v) is 16.4. The van der Waals surface area contributed by atoms with E-state index in [0.29, 0.717) is 22.3 Å². The summed E-state index contributed by atoms with van der Waals surface area (Å²) in [4.78, 5) is 5.99. The third kappa shape index (κ3) is 3.51. The van der Waals surface area contributed by atoms with E-state index in [0.717, 1.165) is 5.69 Å². The Morgan fingerprint density at radius 3 is 2.66 bits per heavy atom. The number of nitrogens with two attached hydrogens (primary N) is 1. The molecule has 0 radical (unpaired) electrons. The SMILES string of the molecule is N#Cc1ccc(S(=O)(=O)Nc2ccc(N3CN=c4occc4=C3N)cc2)c(Cl)c1. The van der Waals surface area contributed by atoms with Crippen molar-refractivity contribution in [3.05, 3.63) is 76.2 Å². The molecule has 0 spiro atoms. The van der Waals surface area contributed by atoms with Crippen molar-refractivity contribution in [1.29, 1.82) is 5.26 Å². The molecule has 3 aromatic rings. The highest BCUT2D eigenvalue weighted by Gasteiger charge is 2.19. The Hall–Kier alpha value is -3.48. The monoisotopic (exact) mass is 427 g/mol. The maximum absolute atomic E-state index is 12.6. The minimum atomic E-state index is -3.92. The maximum atomic E-state index is 12.6. The van der Waals surface area contributed by atoms with Gasteiger partial charge >= 0.3 is 0 Å². The molecular formula is C19H14ClN5O3S. The first-order valence-electron chi connectivity index (χ1n) is 8.37.